The molecule has 3 rings (SSSR count). The summed E-state index contributed by atoms with van der Waals surface area (Å²) in [6.07, 6.45) is 3.06. The number of aryl methyl sites for hydroxylation is 2. The van der Waals surface area contributed by atoms with E-state index in [9.17, 15) is 4.79 Å². The predicted molar refractivity (Wildman–Crippen MR) is 80.7 cm³/mol. The maximum Gasteiger partial charge on any atom is 0.227 e. The van der Waals surface area contributed by atoms with Gasteiger partial charge in [0.05, 0.1) is 6.42 Å². The summed E-state index contributed by atoms with van der Waals surface area (Å²) < 4.78 is 0. The molecule has 1 N–H and O–H groups in total. The van der Waals surface area contributed by atoms with E-state index in [-0.39, 0.29) is 5.91 Å². The molecule has 0 unspecified atom stereocenters. The van der Waals surface area contributed by atoms with Gasteiger partial charge in [0.15, 0.2) is 0 Å². The Labute approximate surface area is 121 Å². The lowest BCUT2D eigenvalue weighted by Gasteiger charge is -2.24. The van der Waals surface area contributed by atoms with Gasteiger partial charge < -0.3 is 10.2 Å². The molecule has 2 aliphatic rings. The highest BCUT2D eigenvalue weighted by molar-refractivity contribution is 5.79. The Morgan fingerprint density at radius 2 is 2.15 bits per heavy atom. The van der Waals surface area contributed by atoms with Crippen molar-refractivity contribution < 1.29 is 4.79 Å². The van der Waals surface area contributed by atoms with Crippen LogP contribution in [0.1, 0.15) is 29.5 Å². The van der Waals surface area contributed by atoms with Crippen molar-refractivity contribution in [2.45, 2.75) is 39.2 Å². The number of carbonyl (C=O) groups excluding carboxylic acids is 1. The molecule has 2 saturated heterocycles. The van der Waals surface area contributed by atoms with Crippen LogP contribution in [0, 0.1) is 19.8 Å². The van der Waals surface area contributed by atoms with Crippen LogP contribution in [-0.2, 0) is 11.2 Å². The molecular weight excluding hydrogens is 248 g/mol. The highest BCUT2D eigenvalue weighted by atomic mass is 16.2. The highest BCUT2D eigenvalue weighted by Gasteiger charge is 2.36. The first-order chi connectivity index (χ1) is 9.63. The molecule has 0 radical (unpaired) electrons. The third-order valence-electron chi connectivity index (χ3n) is 4.88. The zero-order chi connectivity index (χ0) is 14.1. The van der Waals surface area contributed by atoms with E-state index in [2.05, 4.69) is 42.3 Å². The third-order valence-corrected chi connectivity index (χ3v) is 4.88. The summed E-state index contributed by atoms with van der Waals surface area (Å²) in [5, 5.41) is 3.55. The average Bonchev–Trinajstić information content (AvgIpc) is 2.87. The van der Waals surface area contributed by atoms with E-state index in [1.54, 1.807) is 0 Å². The first-order valence-corrected chi connectivity index (χ1v) is 7.71. The van der Waals surface area contributed by atoms with Crippen LogP contribution in [0.25, 0.3) is 0 Å². The number of nitrogens with zero attached hydrogens (tertiary/aromatic N) is 1. The van der Waals surface area contributed by atoms with E-state index in [4.69, 9.17) is 0 Å². The quantitative estimate of drug-likeness (QED) is 0.894. The van der Waals surface area contributed by atoms with E-state index >= 15 is 0 Å². The molecule has 2 fully saturated rings. The summed E-state index contributed by atoms with van der Waals surface area (Å²) in [4.78, 5) is 14.5. The monoisotopic (exact) mass is 272 g/mol. The van der Waals surface area contributed by atoms with Crippen LogP contribution >= 0.6 is 0 Å². The summed E-state index contributed by atoms with van der Waals surface area (Å²) >= 11 is 0. The smallest absolute Gasteiger partial charge is 0.227 e. The minimum atomic E-state index is 0.282. The van der Waals surface area contributed by atoms with E-state index in [1.165, 1.54) is 24.0 Å². The maximum atomic E-state index is 12.5. The number of nitrogens with one attached hydrogen (secondary N) is 1. The number of likely N-dealkylation sites (tertiary alicyclic amines) is 1. The van der Waals surface area contributed by atoms with Crippen LogP contribution in [-0.4, -0.2) is 36.5 Å². The van der Waals surface area contributed by atoms with Crippen LogP contribution in [0.2, 0.25) is 0 Å². The Morgan fingerprint density at radius 1 is 1.30 bits per heavy atom. The second-order valence-electron chi connectivity index (χ2n) is 6.36. The van der Waals surface area contributed by atoms with Gasteiger partial charge in [-0.25, -0.2) is 0 Å². The first kappa shape index (κ1) is 13.6. The number of benzene rings is 1. The van der Waals surface area contributed by atoms with Crippen molar-refractivity contribution in [1.29, 1.82) is 0 Å². The number of rotatable bonds is 2. The third kappa shape index (κ3) is 2.73. The van der Waals surface area contributed by atoms with Crippen LogP contribution < -0.4 is 5.32 Å². The fourth-order valence-corrected chi connectivity index (χ4v) is 3.45. The maximum absolute atomic E-state index is 12.5. The zero-order valence-electron chi connectivity index (χ0n) is 12.5. The van der Waals surface area contributed by atoms with Crippen molar-refractivity contribution in [2.75, 3.05) is 19.6 Å². The molecule has 20 heavy (non-hydrogen) atoms. The Kier molecular flexibility index (Phi) is 3.79. The number of carbonyl (C=O) groups is 1. The number of hydrogen-bond donors (Lipinski definition) is 1. The lowest BCUT2D eigenvalue weighted by molar-refractivity contribution is -0.129. The Balaban J connectivity index is 1.63. The fourth-order valence-electron chi connectivity index (χ4n) is 3.45. The molecule has 0 aromatic heterocycles. The molecule has 0 spiro atoms. The van der Waals surface area contributed by atoms with Crippen molar-refractivity contribution in [2.24, 2.45) is 5.92 Å². The molecule has 0 aliphatic carbocycles. The molecular formula is C17H24N2O. The van der Waals surface area contributed by atoms with Gasteiger partial charge in [0, 0.05) is 19.1 Å². The molecule has 0 bridgehead atoms. The predicted octanol–water partition coefficient (Wildman–Crippen LogP) is 2.06. The SMILES string of the molecule is Cc1ccc(CC(=O)N2C[C@@H]3CCCN[C@@H]3C2)cc1C. The van der Waals surface area contributed by atoms with E-state index in [0.29, 0.717) is 18.4 Å². The minimum Gasteiger partial charge on any atom is -0.341 e. The van der Waals surface area contributed by atoms with E-state index in [1.807, 2.05) is 0 Å². The van der Waals surface area contributed by atoms with Crippen LogP contribution in [0.5, 0.6) is 0 Å². The highest BCUT2D eigenvalue weighted by Crippen LogP contribution is 2.25. The molecule has 0 saturated carbocycles. The molecule has 1 amide bonds. The summed E-state index contributed by atoms with van der Waals surface area (Å²) in [6, 6.07) is 6.88. The van der Waals surface area contributed by atoms with Crippen molar-refractivity contribution in [3.63, 3.8) is 0 Å². The van der Waals surface area contributed by atoms with E-state index in [0.717, 1.165) is 25.2 Å². The summed E-state index contributed by atoms with van der Waals surface area (Å²) in [5.74, 6) is 0.955. The molecule has 2 atom stereocenters. The van der Waals surface area contributed by atoms with Gasteiger partial charge >= 0.3 is 0 Å². The zero-order valence-corrected chi connectivity index (χ0v) is 12.5. The average molecular weight is 272 g/mol. The van der Waals surface area contributed by atoms with Gasteiger partial charge in [-0.2, -0.15) is 0 Å². The molecule has 3 heteroatoms. The Bertz CT molecular complexity index is 498. The number of hydrogen-bond acceptors (Lipinski definition) is 2. The van der Waals surface area contributed by atoms with Gasteiger partial charge in [-0.05, 0) is 55.8 Å². The van der Waals surface area contributed by atoms with Crippen molar-refractivity contribution in [3.05, 3.63) is 34.9 Å². The molecule has 1 aromatic rings. The van der Waals surface area contributed by atoms with Crippen LogP contribution in [0.3, 0.4) is 0 Å². The summed E-state index contributed by atoms with van der Waals surface area (Å²) in [6.45, 7) is 7.17. The van der Waals surface area contributed by atoms with Crippen molar-refractivity contribution in [3.8, 4) is 0 Å². The topological polar surface area (TPSA) is 32.3 Å². The normalized spacial score (nSPS) is 25.6. The van der Waals surface area contributed by atoms with Gasteiger partial charge in [0.1, 0.15) is 0 Å². The van der Waals surface area contributed by atoms with Gasteiger partial charge in [0.25, 0.3) is 0 Å². The standard InChI is InChI=1S/C17H24N2O/c1-12-5-6-14(8-13(12)2)9-17(20)19-10-15-4-3-7-18-16(15)11-19/h5-6,8,15-16,18H,3-4,7,9-11H2,1-2H3/t15-,16+/m0/s1. The number of piperidine rings is 1. The van der Waals surface area contributed by atoms with Crippen LogP contribution in [0.4, 0.5) is 0 Å². The molecule has 1 aromatic carbocycles. The van der Waals surface area contributed by atoms with Gasteiger partial charge in [-0.3, -0.25) is 4.79 Å². The van der Waals surface area contributed by atoms with Crippen LogP contribution in [0.15, 0.2) is 18.2 Å². The van der Waals surface area contributed by atoms with Gasteiger partial charge in [0.2, 0.25) is 5.91 Å². The largest absolute Gasteiger partial charge is 0.341 e. The first-order valence-electron chi connectivity index (χ1n) is 7.71. The molecule has 3 nitrogen and oxygen atoms in total. The second-order valence-corrected chi connectivity index (χ2v) is 6.36. The molecule has 2 heterocycles. The number of fused-ring (bicyclic) bond motifs is 1. The van der Waals surface area contributed by atoms with Gasteiger partial charge in [-0.1, -0.05) is 18.2 Å². The second kappa shape index (κ2) is 5.57. The summed E-state index contributed by atoms with van der Waals surface area (Å²) in [7, 11) is 0. The Hall–Kier alpha value is -1.35. The van der Waals surface area contributed by atoms with Gasteiger partial charge in [-0.15, -0.1) is 0 Å². The molecule has 2 aliphatic heterocycles. The molecule has 108 valence electrons. The Morgan fingerprint density at radius 3 is 2.90 bits per heavy atom. The van der Waals surface area contributed by atoms with Crippen molar-refractivity contribution >= 4 is 5.91 Å². The fraction of sp³-hybridized carbons (Fsp3) is 0.588. The van der Waals surface area contributed by atoms with Crippen molar-refractivity contribution in [1.82, 2.24) is 10.2 Å². The summed E-state index contributed by atoms with van der Waals surface area (Å²) in [5.41, 5.74) is 3.70. The number of amides is 1. The lowest BCUT2D eigenvalue weighted by Crippen LogP contribution is -2.41. The van der Waals surface area contributed by atoms with E-state index < -0.39 is 0 Å². The lowest BCUT2D eigenvalue weighted by atomic mass is 9.94. The minimum absolute atomic E-state index is 0.282.